The quantitative estimate of drug-likeness (QED) is 0.909. The first-order valence-corrected chi connectivity index (χ1v) is 5.20. The summed E-state index contributed by atoms with van der Waals surface area (Å²) in [5.41, 5.74) is 7.07. The molecule has 0 aliphatic heterocycles. The largest absolute Gasteiger partial charge is 0.325 e. The lowest BCUT2D eigenvalue weighted by molar-refractivity contribution is 0.624. The number of halogens is 2. The van der Waals surface area contributed by atoms with E-state index in [1.54, 1.807) is 23.0 Å². The summed E-state index contributed by atoms with van der Waals surface area (Å²) < 4.78 is 15.5. The van der Waals surface area contributed by atoms with Crippen molar-refractivity contribution in [3.63, 3.8) is 0 Å². The average Bonchev–Trinajstić information content (AvgIpc) is 2.59. The molecule has 0 atom stereocenters. The number of hydrogen-bond acceptors (Lipinski definition) is 2. The Kier molecular flexibility index (Phi) is 2.83. The van der Waals surface area contributed by atoms with E-state index >= 15 is 0 Å². The van der Waals surface area contributed by atoms with E-state index < -0.39 is 0 Å². The molecule has 0 saturated carbocycles. The Morgan fingerprint density at radius 1 is 1.47 bits per heavy atom. The van der Waals surface area contributed by atoms with Crippen molar-refractivity contribution in [3.8, 4) is 5.69 Å². The van der Waals surface area contributed by atoms with E-state index in [1.807, 2.05) is 0 Å². The minimum absolute atomic E-state index is 0.290. The summed E-state index contributed by atoms with van der Waals surface area (Å²) in [6.07, 6.45) is 1.65. The number of benzene rings is 1. The molecule has 0 unspecified atom stereocenters. The van der Waals surface area contributed by atoms with E-state index in [0.717, 1.165) is 10.2 Å². The monoisotopic (exact) mass is 269 g/mol. The highest BCUT2D eigenvalue weighted by molar-refractivity contribution is 9.10. The van der Waals surface area contributed by atoms with Crippen molar-refractivity contribution in [2.24, 2.45) is 5.73 Å². The maximum Gasteiger partial charge on any atom is 0.125 e. The van der Waals surface area contributed by atoms with Crippen molar-refractivity contribution in [2.75, 3.05) is 0 Å². The molecule has 2 N–H and O–H groups in total. The van der Waals surface area contributed by atoms with Gasteiger partial charge in [0.2, 0.25) is 0 Å². The molecule has 0 amide bonds. The molecule has 5 heteroatoms. The Labute approximate surface area is 94.8 Å². The van der Waals surface area contributed by atoms with E-state index in [0.29, 0.717) is 12.2 Å². The van der Waals surface area contributed by atoms with Crippen LogP contribution >= 0.6 is 15.9 Å². The third-order valence-electron chi connectivity index (χ3n) is 2.06. The van der Waals surface area contributed by atoms with Crippen LogP contribution in [0.5, 0.6) is 0 Å². The van der Waals surface area contributed by atoms with Crippen LogP contribution in [0.15, 0.2) is 34.9 Å². The summed E-state index contributed by atoms with van der Waals surface area (Å²) in [7, 11) is 0. The van der Waals surface area contributed by atoms with Gasteiger partial charge in [-0.25, -0.2) is 9.07 Å². The lowest BCUT2D eigenvalue weighted by Gasteiger charge is -2.05. The van der Waals surface area contributed by atoms with Gasteiger partial charge in [-0.15, -0.1) is 0 Å². The fourth-order valence-corrected chi connectivity index (χ4v) is 1.79. The molecular weight excluding hydrogens is 261 g/mol. The second-order valence-electron chi connectivity index (χ2n) is 3.03. The lowest BCUT2D eigenvalue weighted by atomic mass is 10.3. The van der Waals surface area contributed by atoms with Gasteiger partial charge in [-0.2, -0.15) is 5.10 Å². The van der Waals surface area contributed by atoms with Gasteiger partial charge >= 0.3 is 0 Å². The van der Waals surface area contributed by atoms with Gasteiger partial charge in [-0.1, -0.05) is 6.07 Å². The molecule has 0 saturated heterocycles. The van der Waals surface area contributed by atoms with Crippen LogP contribution in [0.4, 0.5) is 4.39 Å². The van der Waals surface area contributed by atoms with E-state index in [9.17, 15) is 4.39 Å². The second kappa shape index (κ2) is 4.12. The molecule has 0 bridgehead atoms. The zero-order valence-corrected chi connectivity index (χ0v) is 9.41. The fourth-order valence-electron chi connectivity index (χ4n) is 1.37. The van der Waals surface area contributed by atoms with Gasteiger partial charge in [0.15, 0.2) is 0 Å². The van der Waals surface area contributed by atoms with Gasteiger partial charge in [0.1, 0.15) is 5.82 Å². The summed E-state index contributed by atoms with van der Waals surface area (Å²) in [5.74, 6) is -0.290. The van der Waals surface area contributed by atoms with Crippen LogP contribution in [0.2, 0.25) is 0 Å². The third kappa shape index (κ3) is 1.93. The van der Waals surface area contributed by atoms with Gasteiger partial charge < -0.3 is 5.73 Å². The maximum absolute atomic E-state index is 13.0. The normalized spacial score (nSPS) is 10.6. The average molecular weight is 270 g/mol. The van der Waals surface area contributed by atoms with E-state index in [-0.39, 0.29) is 5.82 Å². The van der Waals surface area contributed by atoms with Crippen LogP contribution < -0.4 is 5.73 Å². The van der Waals surface area contributed by atoms with Crippen molar-refractivity contribution >= 4 is 15.9 Å². The lowest BCUT2D eigenvalue weighted by Crippen LogP contribution is -2.07. The molecule has 0 spiro atoms. The second-order valence-corrected chi connectivity index (χ2v) is 3.89. The van der Waals surface area contributed by atoms with Crippen LogP contribution in [-0.2, 0) is 6.54 Å². The fraction of sp³-hybridized carbons (Fsp3) is 0.100. The molecule has 0 aliphatic carbocycles. The first-order chi connectivity index (χ1) is 7.22. The van der Waals surface area contributed by atoms with Gasteiger partial charge in [0.05, 0.1) is 22.1 Å². The zero-order valence-electron chi connectivity index (χ0n) is 7.82. The van der Waals surface area contributed by atoms with Crippen molar-refractivity contribution in [1.82, 2.24) is 9.78 Å². The number of rotatable bonds is 2. The Hall–Kier alpha value is -1.20. The van der Waals surface area contributed by atoms with E-state index in [4.69, 9.17) is 5.73 Å². The predicted octanol–water partition coefficient (Wildman–Crippen LogP) is 2.23. The highest BCUT2D eigenvalue weighted by Gasteiger charge is 2.08. The van der Waals surface area contributed by atoms with Crippen LogP contribution in [0.25, 0.3) is 5.69 Å². The molecular formula is C10H9BrFN3. The van der Waals surface area contributed by atoms with Crippen molar-refractivity contribution in [3.05, 3.63) is 46.4 Å². The topological polar surface area (TPSA) is 43.8 Å². The molecule has 0 fully saturated rings. The number of hydrogen-bond donors (Lipinski definition) is 1. The Bertz CT molecular complexity index is 481. The number of aromatic nitrogens is 2. The summed E-state index contributed by atoms with van der Waals surface area (Å²) in [4.78, 5) is 0. The summed E-state index contributed by atoms with van der Waals surface area (Å²) >= 11 is 3.34. The molecule has 1 heterocycles. The molecule has 3 nitrogen and oxygen atoms in total. The third-order valence-corrected chi connectivity index (χ3v) is 2.73. The summed E-state index contributed by atoms with van der Waals surface area (Å²) in [6, 6.07) is 6.23. The van der Waals surface area contributed by atoms with Crippen LogP contribution in [0.1, 0.15) is 5.69 Å². The molecule has 1 aromatic carbocycles. The number of nitrogens with two attached hydrogens (primary N) is 1. The standard InChI is InChI=1S/C10H9BrFN3/c11-9-6-14-15(10(9)5-13)8-3-1-2-7(12)4-8/h1-4,6H,5,13H2. The van der Waals surface area contributed by atoms with Crippen molar-refractivity contribution < 1.29 is 4.39 Å². The molecule has 0 radical (unpaired) electrons. The smallest absolute Gasteiger partial charge is 0.125 e. The molecule has 2 aromatic rings. The Morgan fingerprint density at radius 2 is 2.27 bits per heavy atom. The van der Waals surface area contributed by atoms with Gasteiger partial charge in [0.25, 0.3) is 0 Å². The van der Waals surface area contributed by atoms with Gasteiger partial charge in [0, 0.05) is 6.54 Å². The molecule has 15 heavy (non-hydrogen) atoms. The minimum atomic E-state index is -0.290. The van der Waals surface area contributed by atoms with Crippen LogP contribution in [-0.4, -0.2) is 9.78 Å². The van der Waals surface area contributed by atoms with E-state index in [1.165, 1.54) is 12.1 Å². The highest BCUT2D eigenvalue weighted by Crippen LogP contribution is 2.19. The SMILES string of the molecule is NCc1c(Br)cnn1-c1cccc(F)c1. The molecule has 2 rings (SSSR count). The summed E-state index contributed by atoms with van der Waals surface area (Å²) in [5, 5.41) is 4.12. The summed E-state index contributed by atoms with van der Waals surface area (Å²) in [6.45, 7) is 0.344. The Morgan fingerprint density at radius 3 is 2.93 bits per heavy atom. The maximum atomic E-state index is 13.0. The molecule has 0 aliphatic rings. The Balaban J connectivity index is 2.54. The van der Waals surface area contributed by atoms with Crippen LogP contribution in [0.3, 0.4) is 0 Å². The highest BCUT2D eigenvalue weighted by atomic mass is 79.9. The van der Waals surface area contributed by atoms with Crippen molar-refractivity contribution in [2.45, 2.75) is 6.54 Å². The minimum Gasteiger partial charge on any atom is -0.325 e. The van der Waals surface area contributed by atoms with Crippen LogP contribution in [0, 0.1) is 5.82 Å². The molecule has 1 aromatic heterocycles. The van der Waals surface area contributed by atoms with Gasteiger partial charge in [-0.05, 0) is 34.1 Å². The number of nitrogens with zero attached hydrogens (tertiary/aromatic N) is 2. The van der Waals surface area contributed by atoms with Gasteiger partial charge in [-0.3, -0.25) is 0 Å². The predicted molar refractivity (Wildman–Crippen MR) is 59.1 cm³/mol. The van der Waals surface area contributed by atoms with Crippen molar-refractivity contribution in [1.29, 1.82) is 0 Å². The first-order valence-electron chi connectivity index (χ1n) is 4.41. The molecule has 78 valence electrons. The van der Waals surface area contributed by atoms with E-state index in [2.05, 4.69) is 21.0 Å². The first kappa shape index (κ1) is 10.3. The zero-order chi connectivity index (χ0) is 10.8.